The van der Waals surface area contributed by atoms with Crippen LogP contribution in [-0.2, 0) is 4.74 Å². The molecule has 1 amide bonds. The highest BCUT2D eigenvalue weighted by Gasteiger charge is 2.59. The van der Waals surface area contributed by atoms with Crippen molar-refractivity contribution < 1.29 is 28.5 Å². The zero-order valence-electron chi connectivity index (χ0n) is 13.4. The van der Waals surface area contributed by atoms with Crippen LogP contribution in [-0.4, -0.2) is 55.4 Å². The van der Waals surface area contributed by atoms with Crippen LogP contribution in [0.2, 0.25) is 5.15 Å². The van der Waals surface area contributed by atoms with Gasteiger partial charge in [-0.25, -0.2) is 9.78 Å². The predicted octanol–water partition coefficient (Wildman–Crippen LogP) is 0.430. The van der Waals surface area contributed by atoms with Gasteiger partial charge >= 0.3 is 11.6 Å². The van der Waals surface area contributed by atoms with E-state index in [9.17, 15) is 23.5 Å². The monoisotopic (exact) mass is 402 g/mol. The number of hydrogen-bond donors (Lipinski definition) is 3. The Kier molecular flexibility index (Phi) is 5.20. The fraction of sp³-hybridized carbons (Fsp3) is 0.333. The summed E-state index contributed by atoms with van der Waals surface area (Å²) in [6.45, 7) is -0.849. The number of carbonyl (C=O) groups is 1. The Hall–Kier alpha value is -2.47. The van der Waals surface area contributed by atoms with Crippen LogP contribution in [0.1, 0.15) is 16.6 Å². The third kappa shape index (κ3) is 3.67. The van der Waals surface area contributed by atoms with E-state index in [1.165, 1.54) is 18.3 Å². The normalized spacial score (nSPS) is 24.0. The zero-order chi connectivity index (χ0) is 19.8. The number of halogens is 3. The maximum absolute atomic E-state index is 14.1. The molecule has 27 heavy (non-hydrogen) atoms. The van der Waals surface area contributed by atoms with E-state index in [4.69, 9.17) is 21.4 Å². The Bertz CT molecular complexity index is 908. The third-order valence-electron chi connectivity index (χ3n) is 3.87. The Balaban J connectivity index is 1.81. The molecule has 144 valence electrons. The number of pyridine rings is 1. The molecule has 3 N–H and O–H groups in total. The van der Waals surface area contributed by atoms with E-state index < -0.39 is 42.6 Å². The number of aliphatic hydroxyl groups is 2. The summed E-state index contributed by atoms with van der Waals surface area (Å²) in [5.41, 5.74) is -0.998. The van der Waals surface area contributed by atoms with Crippen molar-refractivity contribution in [3.05, 3.63) is 51.8 Å². The zero-order valence-corrected chi connectivity index (χ0v) is 14.2. The van der Waals surface area contributed by atoms with Crippen LogP contribution in [0.5, 0.6) is 0 Å². The van der Waals surface area contributed by atoms with Gasteiger partial charge in [-0.15, -0.1) is 0 Å². The second kappa shape index (κ2) is 7.27. The molecule has 12 heteroatoms. The largest absolute Gasteiger partial charge is 0.394 e. The molecule has 0 unspecified atom stereocenters. The average molecular weight is 403 g/mol. The lowest BCUT2D eigenvalue weighted by Crippen LogP contribution is -2.41. The second-order valence-electron chi connectivity index (χ2n) is 5.66. The van der Waals surface area contributed by atoms with Crippen molar-refractivity contribution in [1.29, 1.82) is 0 Å². The molecule has 1 aliphatic rings. The third-order valence-corrected chi connectivity index (χ3v) is 4.10. The first-order valence-corrected chi connectivity index (χ1v) is 7.96. The molecule has 0 bridgehead atoms. The van der Waals surface area contributed by atoms with Gasteiger partial charge in [0.1, 0.15) is 17.1 Å². The predicted molar refractivity (Wildman–Crippen MR) is 87.6 cm³/mol. The molecule has 2 aromatic heterocycles. The first-order chi connectivity index (χ1) is 12.7. The van der Waals surface area contributed by atoms with Crippen molar-refractivity contribution >= 4 is 23.3 Å². The topological polar surface area (TPSA) is 127 Å². The molecular formula is C15H13ClF2N4O5. The maximum atomic E-state index is 14.1. The van der Waals surface area contributed by atoms with Gasteiger partial charge in [-0.3, -0.25) is 9.36 Å². The molecule has 3 atom stereocenters. The van der Waals surface area contributed by atoms with Crippen molar-refractivity contribution in [2.75, 3.05) is 11.9 Å². The number of aromatic nitrogens is 3. The highest BCUT2D eigenvalue weighted by atomic mass is 35.5. The first-order valence-electron chi connectivity index (χ1n) is 7.58. The molecule has 3 rings (SSSR count). The SMILES string of the molecule is O=C(Nc1ccn([C@@H]2O[C@H](CO)[C@@H](O)C2(F)F)c(=O)n1)c1ccc(Cl)nc1. The Morgan fingerprint density at radius 1 is 1.41 bits per heavy atom. The Labute approximate surface area is 155 Å². The fourth-order valence-corrected chi connectivity index (χ4v) is 2.59. The van der Waals surface area contributed by atoms with Crippen LogP contribution in [0.3, 0.4) is 0 Å². The van der Waals surface area contributed by atoms with Crippen molar-refractivity contribution in [3.8, 4) is 0 Å². The highest BCUT2D eigenvalue weighted by molar-refractivity contribution is 6.29. The minimum absolute atomic E-state index is 0.143. The number of rotatable bonds is 4. The molecule has 9 nitrogen and oxygen atoms in total. The van der Waals surface area contributed by atoms with Gasteiger partial charge in [0, 0.05) is 12.4 Å². The summed E-state index contributed by atoms with van der Waals surface area (Å²) in [7, 11) is 0. The number of aliphatic hydroxyl groups excluding tert-OH is 2. The molecule has 3 heterocycles. The molecule has 0 aromatic carbocycles. The van der Waals surface area contributed by atoms with Gasteiger partial charge in [0.25, 0.3) is 5.91 Å². The van der Waals surface area contributed by atoms with Gasteiger partial charge in [0.2, 0.25) is 6.23 Å². The summed E-state index contributed by atoms with van der Waals surface area (Å²) in [4.78, 5) is 31.4. The molecule has 0 spiro atoms. The van der Waals surface area contributed by atoms with Gasteiger partial charge in [0.15, 0.2) is 6.10 Å². The summed E-state index contributed by atoms with van der Waals surface area (Å²) in [6.07, 6.45) is -3.82. The standard InChI is InChI=1S/C15H13ClF2N4O5/c16-9-2-1-7(5-19-9)12(25)20-10-3-4-22(14(26)21-10)13-15(17,18)11(24)8(6-23)27-13/h1-5,8,11,13,23-24H,6H2,(H,20,21,25,26)/t8-,11-,13-/m1/s1. The van der Waals surface area contributed by atoms with E-state index >= 15 is 0 Å². The van der Waals surface area contributed by atoms with Crippen molar-refractivity contribution in [3.63, 3.8) is 0 Å². The number of alkyl halides is 2. The van der Waals surface area contributed by atoms with Crippen molar-refractivity contribution in [1.82, 2.24) is 14.5 Å². The van der Waals surface area contributed by atoms with Crippen LogP contribution < -0.4 is 11.0 Å². The lowest BCUT2D eigenvalue weighted by Gasteiger charge is -2.21. The quantitative estimate of drug-likeness (QED) is 0.633. The fourth-order valence-electron chi connectivity index (χ4n) is 2.48. The second-order valence-corrected chi connectivity index (χ2v) is 6.04. The number of carbonyl (C=O) groups excluding carboxylic acids is 1. The molecule has 1 aliphatic heterocycles. The van der Waals surface area contributed by atoms with Gasteiger partial charge < -0.3 is 20.3 Å². The Morgan fingerprint density at radius 2 is 2.15 bits per heavy atom. The molecule has 0 saturated carbocycles. The van der Waals surface area contributed by atoms with E-state index in [-0.39, 0.29) is 16.5 Å². The average Bonchev–Trinajstić information content (AvgIpc) is 2.85. The summed E-state index contributed by atoms with van der Waals surface area (Å²) in [5.74, 6) is -4.64. The summed E-state index contributed by atoms with van der Waals surface area (Å²) < 4.78 is 33.6. The molecule has 0 radical (unpaired) electrons. The number of anilines is 1. The first kappa shape index (κ1) is 19.3. The number of nitrogens with one attached hydrogen (secondary N) is 1. The van der Waals surface area contributed by atoms with Gasteiger partial charge in [-0.2, -0.15) is 13.8 Å². The van der Waals surface area contributed by atoms with E-state index in [0.717, 1.165) is 12.3 Å². The highest BCUT2D eigenvalue weighted by Crippen LogP contribution is 2.41. The van der Waals surface area contributed by atoms with Crippen molar-refractivity contribution in [2.45, 2.75) is 24.4 Å². The summed E-state index contributed by atoms with van der Waals surface area (Å²) in [6, 6.07) is 3.90. The molecule has 1 saturated heterocycles. The van der Waals surface area contributed by atoms with E-state index in [1.54, 1.807) is 0 Å². The van der Waals surface area contributed by atoms with E-state index in [1.807, 2.05) is 0 Å². The van der Waals surface area contributed by atoms with Crippen LogP contribution in [0.15, 0.2) is 35.4 Å². The van der Waals surface area contributed by atoms with Crippen LogP contribution in [0.25, 0.3) is 0 Å². The van der Waals surface area contributed by atoms with Crippen LogP contribution in [0.4, 0.5) is 14.6 Å². The molecule has 0 aliphatic carbocycles. The molecular weight excluding hydrogens is 390 g/mol. The minimum atomic E-state index is -3.82. The van der Waals surface area contributed by atoms with Gasteiger partial charge in [0.05, 0.1) is 12.2 Å². The summed E-state index contributed by atoms with van der Waals surface area (Å²) >= 11 is 5.63. The number of ether oxygens (including phenoxy) is 1. The molecule has 2 aromatic rings. The van der Waals surface area contributed by atoms with Crippen LogP contribution >= 0.6 is 11.6 Å². The maximum Gasteiger partial charge on any atom is 0.351 e. The summed E-state index contributed by atoms with van der Waals surface area (Å²) in [5, 5.41) is 21.0. The smallest absolute Gasteiger partial charge is 0.351 e. The lowest BCUT2D eigenvalue weighted by atomic mass is 10.1. The minimum Gasteiger partial charge on any atom is -0.394 e. The van der Waals surface area contributed by atoms with Gasteiger partial charge in [-0.1, -0.05) is 11.6 Å². The van der Waals surface area contributed by atoms with E-state index in [0.29, 0.717) is 4.57 Å². The van der Waals surface area contributed by atoms with Gasteiger partial charge in [-0.05, 0) is 18.2 Å². The van der Waals surface area contributed by atoms with Crippen molar-refractivity contribution in [2.24, 2.45) is 0 Å². The molecule has 1 fully saturated rings. The number of amides is 1. The van der Waals surface area contributed by atoms with E-state index in [2.05, 4.69) is 15.3 Å². The lowest BCUT2D eigenvalue weighted by molar-refractivity contribution is -0.140. The number of hydrogen-bond acceptors (Lipinski definition) is 7. The number of nitrogens with zero attached hydrogens (tertiary/aromatic N) is 3. The van der Waals surface area contributed by atoms with Crippen LogP contribution in [0, 0.1) is 0 Å². The Morgan fingerprint density at radius 3 is 2.70 bits per heavy atom.